The normalized spacial score (nSPS) is 10.2. The van der Waals surface area contributed by atoms with Gasteiger partial charge in [0.05, 0.1) is 19.5 Å². The molecule has 1 amide bonds. The average Bonchev–Trinajstić information content (AvgIpc) is 2.95. The molecule has 0 N–H and O–H groups in total. The summed E-state index contributed by atoms with van der Waals surface area (Å²) in [5, 5.41) is 4.10. The van der Waals surface area contributed by atoms with E-state index in [1.165, 1.54) is 29.1 Å². The number of carbonyl (C=O) groups is 2. The molecule has 0 spiro atoms. The Balaban J connectivity index is 2.24. The van der Waals surface area contributed by atoms with Crippen LogP contribution in [0.25, 0.3) is 5.82 Å². The van der Waals surface area contributed by atoms with Crippen molar-refractivity contribution in [2.75, 3.05) is 21.2 Å². The molecule has 0 atom stereocenters. The average molecular weight is 275 g/mol. The molecule has 2 aromatic heterocycles. The molecule has 0 saturated carbocycles. The highest BCUT2D eigenvalue weighted by molar-refractivity contribution is 5.91. The first kappa shape index (κ1) is 13.7. The van der Waals surface area contributed by atoms with Crippen molar-refractivity contribution in [1.82, 2.24) is 24.6 Å². The monoisotopic (exact) mass is 275 g/mol. The van der Waals surface area contributed by atoms with E-state index in [0.717, 1.165) is 0 Å². The lowest BCUT2D eigenvalue weighted by Crippen LogP contribution is -2.22. The number of rotatable bonds is 3. The molecule has 0 aliphatic carbocycles. The molecule has 2 rings (SSSR count). The zero-order chi connectivity index (χ0) is 14.7. The second kappa shape index (κ2) is 5.47. The highest BCUT2D eigenvalue weighted by Crippen LogP contribution is 2.06. The summed E-state index contributed by atoms with van der Waals surface area (Å²) in [6, 6.07) is 1.58. The second-order valence-corrected chi connectivity index (χ2v) is 4.10. The number of aromatic nitrogens is 4. The quantitative estimate of drug-likeness (QED) is 0.741. The largest absolute Gasteiger partial charge is 0.464 e. The topological polar surface area (TPSA) is 90.2 Å². The zero-order valence-corrected chi connectivity index (χ0v) is 11.3. The lowest BCUT2D eigenvalue weighted by Gasteiger charge is -2.06. The third-order valence-electron chi connectivity index (χ3n) is 2.48. The Morgan fingerprint density at radius 3 is 2.50 bits per heavy atom. The highest BCUT2D eigenvalue weighted by atomic mass is 16.5. The van der Waals surface area contributed by atoms with Gasteiger partial charge in [-0.25, -0.2) is 19.4 Å². The first-order valence-corrected chi connectivity index (χ1v) is 5.71. The maximum Gasteiger partial charge on any atom is 0.358 e. The third-order valence-corrected chi connectivity index (χ3v) is 2.48. The zero-order valence-electron chi connectivity index (χ0n) is 11.3. The Morgan fingerprint density at radius 2 is 1.95 bits per heavy atom. The number of amides is 1. The van der Waals surface area contributed by atoms with E-state index >= 15 is 0 Å². The van der Waals surface area contributed by atoms with Crippen LogP contribution >= 0.6 is 0 Å². The first-order valence-electron chi connectivity index (χ1n) is 5.71. The number of esters is 1. The summed E-state index contributed by atoms with van der Waals surface area (Å²) in [7, 11) is 4.56. The summed E-state index contributed by atoms with van der Waals surface area (Å²) in [5.41, 5.74) is 0.404. The van der Waals surface area contributed by atoms with Crippen LogP contribution in [0.15, 0.2) is 24.7 Å². The van der Waals surface area contributed by atoms with Crippen molar-refractivity contribution in [1.29, 1.82) is 0 Å². The summed E-state index contributed by atoms with van der Waals surface area (Å²) >= 11 is 0. The van der Waals surface area contributed by atoms with Crippen LogP contribution < -0.4 is 0 Å². The van der Waals surface area contributed by atoms with Crippen LogP contribution in [0.1, 0.15) is 21.0 Å². The van der Waals surface area contributed by atoms with Gasteiger partial charge in [-0.15, -0.1) is 0 Å². The molecular formula is C12H13N5O3. The van der Waals surface area contributed by atoms with Gasteiger partial charge in [0.1, 0.15) is 0 Å². The molecule has 0 fully saturated rings. The minimum atomic E-state index is -0.562. The van der Waals surface area contributed by atoms with Crippen LogP contribution in [0, 0.1) is 0 Å². The predicted octanol–water partition coefficient (Wildman–Crippen LogP) is 0.151. The fourth-order valence-corrected chi connectivity index (χ4v) is 1.44. The molecule has 2 heterocycles. The molecule has 8 heteroatoms. The maximum absolute atomic E-state index is 11.7. The molecule has 0 bridgehead atoms. The molecule has 0 aliphatic heterocycles. The number of hydrogen-bond acceptors (Lipinski definition) is 6. The highest BCUT2D eigenvalue weighted by Gasteiger charge is 2.13. The van der Waals surface area contributed by atoms with Crippen LogP contribution in [0.5, 0.6) is 0 Å². The first-order chi connectivity index (χ1) is 9.52. The van der Waals surface area contributed by atoms with E-state index in [0.29, 0.717) is 11.5 Å². The lowest BCUT2D eigenvalue weighted by atomic mass is 10.4. The van der Waals surface area contributed by atoms with E-state index < -0.39 is 5.97 Å². The summed E-state index contributed by atoms with van der Waals surface area (Å²) in [5.74, 6) is -0.369. The van der Waals surface area contributed by atoms with Crippen LogP contribution in [0.3, 0.4) is 0 Å². The van der Waals surface area contributed by atoms with Crippen molar-refractivity contribution in [3.63, 3.8) is 0 Å². The minimum absolute atomic E-state index is 0.105. The van der Waals surface area contributed by atoms with Crippen molar-refractivity contribution in [2.24, 2.45) is 0 Å². The number of hydrogen-bond donors (Lipinski definition) is 0. The Morgan fingerprint density at radius 1 is 1.20 bits per heavy atom. The molecule has 8 nitrogen and oxygen atoms in total. The number of nitrogens with zero attached hydrogens (tertiary/aromatic N) is 5. The van der Waals surface area contributed by atoms with E-state index in [1.807, 2.05) is 0 Å². The molecule has 0 aliphatic rings. The molecule has 2 aromatic rings. The third kappa shape index (κ3) is 2.63. The molecule has 0 saturated heterocycles. The summed E-state index contributed by atoms with van der Waals surface area (Å²) in [6.45, 7) is 0. The van der Waals surface area contributed by atoms with Crippen molar-refractivity contribution in [3.05, 3.63) is 36.0 Å². The molecule has 0 radical (unpaired) electrons. The minimum Gasteiger partial charge on any atom is -0.464 e. The van der Waals surface area contributed by atoms with E-state index in [9.17, 15) is 9.59 Å². The van der Waals surface area contributed by atoms with Gasteiger partial charge in [-0.05, 0) is 6.07 Å². The van der Waals surface area contributed by atoms with Gasteiger partial charge in [0.15, 0.2) is 17.2 Å². The SMILES string of the molecule is COC(=O)c1cnc(-n2ccc(C(=O)N(C)C)n2)cn1. The van der Waals surface area contributed by atoms with Gasteiger partial charge in [-0.1, -0.05) is 0 Å². The van der Waals surface area contributed by atoms with Crippen LogP contribution in [-0.4, -0.2) is 57.7 Å². The molecule has 104 valence electrons. The van der Waals surface area contributed by atoms with Gasteiger partial charge in [0, 0.05) is 20.3 Å². The van der Waals surface area contributed by atoms with Crippen molar-refractivity contribution < 1.29 is 14.3 Å². The van der Waals surface area contributed by atoms with E-state index in [-0.39, 0.29) is 11.6 Å². The fraction of sp³-hybridized carbons (Fsp3) is 0.250. The van der Waals surface area contributed by atoms with Crippen molar-refractivity contribution in [2.45, 2.75) is 0 Å². The van der Waals surface area contributed by atoms with Gasteiger partial charge in [0.25, 0.3) is 5.91 Å². The van der Waals surface area contributed by atoms with E-state index in [1.54, 1.807) is 26.4 Å². The van der Waals surface area contributed by atoms with Gasteiger partial charge in [-0.2, -0.15) is 5.10 Å². The number of ether oxygens (including phenoxy) is 1. The maximum atomic E-state index is 11.7. The molecular weight excluding hydrogens is 262 g/mol. The Kier molecular flexibility index (Phi) is 3.74. The Hall–Kier alpha value is -2.77. The van der Waals surface area contributed by atoms with E-state index in [2.05, 4.69) is 19.8 Å². The van der Waals surface area contributed by atoms with Gasteiger partial charge in [-0.3, -0.25) is 4.79 Å². The Bertz CT molecular complexity index is 633. The van der Waals surface area contributed by atoms with Crippen LogP contribution in [0.2, 0.25) is 0 Å². The lowest BCUT2D eigenvalue weighted by molar-refractivity contribution is 0.0593. The second-order valence-electron chi connectivity index (χ2n) is 4.10. The van der Waals surface area contributed by atoms with Crippen molar-refractivity contribution in [3.8, 4) is 5.82 Å². The van der Waals surface area contributed by atoms with Gasteiger partial charge >= 0.3 is 5.97 Å². The molecule has 20 heavy (non-hydrogen) atoms. The van der Waals surface area contributed by atoms with E-state index in [4.69, 9.17) is 0 Å². The summed E-state index contributed by atoms with van der Waals surface area (Å²) in [4.78, 5) is 32.4. The Labute approximate surface area is 115 Å². The van der Waals surface area contributed by atoms with Gasteiger partial charge in [0.2, 0.25) is 0 Å². The number of carbonyl (C=O) groups excluding carboxylic acids is 2. The van der Waals surface area contributed by atoms with Crippen LogP contribution in [0.4, 0.5) is 0 Å². The number of methoxy groups -OCH3 is 1. The molecule has 0 unspecified atom stereocenters. The summed E-state index contributed by atoms with van der Waals surface area (Å²) < 4.78 is 5.94. The van der Waals surface area contributed by atoms with Crippen LogP contribution in [-0.2, 0) is 4.74 Å². The standard InChI is InChI=1S/C12H13N5O3/c1-16(2)11(18)8-4-5-17(15-8)10-7-13-9(6-14-10)12(19)20-3/h4-7H,1-3H3. The predicted molar refractivity (Wildman–Crippen MR) is 68.5 cm³/mol. The van der Waals surface area contributed by atoms with Gasteiger partial charge < -0.3 is 9.64 Å². The van der Waals surface area contributed by atoms with Crippen molar-refractivity contribution >= 4 is 11.9 Å². The summed E-state index contributed by atoms with van der Waals surface area (Å²) in [6.07, 6.45) is 4.26. The smallest absolute Gasteiger partial charge is 0.358 e. The molecule has 0 aromatic carbocycles. The fourth-order valence-electron chi connectivity index (χ4n) is 1.44.